The monoisotopic (exact) mass is 491 g/mol. The highest BCUT2D eigenvalue weighted by Crippen LogP contribution is 2.46. The highest BCUT2D eigenvalue weighted by molar-refractivity contribution is 6.51. The molecule has 7 nitrogen and oxygen atoms in total. The van der Waals surface area contributed by atoms with E-state index in [2.05, 4.69) is 0 Å². The van der Waals surface area contributed by atoms with E-state index in [9.17, 15) is 14.7 Å². The summed E-state index contributed by atoms with van der Waals surface area (Å²) in [7, 11) is 1.43. The maximum absolute atomic E-state index is 13.4. The summed E-state index contributed by atoms with van der Waals surface area (Å²) in [6.07, 6.45) is 0. The lowest BCUT2D eigenvalue weighted by atomic mass is 9.94. The zero-order chi connectivity index (χ0) is 24.7. The van der Waals surface area contributed by atoms with E-state index in [0.29, 0.717) is 36.0 Å². The number of Topliss-reactive ketones (excluding diaryl/α,β-unsaturated/α-hetero) is 1. The molecule has 1 fully saturated rings. The third-order valence-electron chi connectivity index (χ3n) is 6.01. The van der Waals surface area contributed by atoms with Crippen LogP contribution >= 0.6 is 11.6 Å². The van der Waals surface area contributed by atoms with Gasteiger partial charge in [-0.1, -0.05) is 41.9 Å². The molecule has 0 aliphatic carbocycles. The van der Waals surface area contributed by atoms with Crippen molar-refractivity contribution >= 4 is 34.7 Å². The minimum atomic E-state index is -0.886. The van der Waals surface area contributed by atoms with Crippen LogP contribution in [0.2, 0.25) is 5.02 Å². The maximum atomic E-state index is 13.4. The molecule has 0 saturated carbocycles. The Kier molecular flexibility index (Phi) is 5.86. The fraction of sp³-hybridized carbons (Fsp3) is 0.185. The molecule has 0 spiro atoms. The number of carbonyl (C=O) groups excluding carboxylic acids is 2. The molecule has 1 saturated heterocycles. The zero-order valence-corrected chi connectivity index (χ0v) is 19.8. The van der Waals surface area contributed by atoms with Gasteiger partial charge in [0.1, 0.15) is 24.7 Å². The second kappa shape index (κ2) is 9.00. The summed E-state index contributed by atoms with van der Waals surface area (Å²) < 4.78 is 16.7. The van der Waals surface area contributed by atoms with Gasteiger partial charge in [0.05, 0.1) is 29.3 Å². The topological polar surface area (TPSA) is 85.3 Å². The number of hydrogen-bond donors (Lipinski definition) is 1. The van der Waals surface area contributed by atoms with E-state index in [1.54, 1.807) is 42.5 Å². The first-order valence-electron chi connectivity index (χ1n) is 11.0. The van der Waals surface area contributed by atoms with Crippen molar-refractivity contribution in [2.75, 3.05) is 25.2 Å². The summed E-state index contributed by atoms with van der Waals surface area (Å²) in [6.45, 7) is 2.62. The second-order valence-electron chi connectivity index (χ2n) is 8.24. The molecule has 1 N–H and O–H groups in total. The third kappa shape index (κ3) is 3.88. The van der Waals surface area contributed by atoms with E-state index in [0.717, 1.165) is 5.56 Å². The van der Waals surface area contributed by atoms with Crippen LogP contribution in [0.5, 0.6) is 17.2 Å². The van der Waals surface area contributed by atoms with Gasteiger partial charge in [0.25, 0.3) is 11.7 Å². The van der Waals surface area contributed by atoms with Gasteiger partial charge < -0.3 is 19.3 Å². The molecule has 1 unspecified atom stereocenters. The Labute approximate surface area is 207 Å². The van der Waals surface area contributed by atoms with Crippen LogP contribution in [0.15, 0.2) is 66.2 Å². The quantitative estimate of drug-likeness (QED) is 0.312. The number of aliphatic hydroxyl groups is 1. The van der Waals surface area contributed by atoms with Gasteiger partial charge in [0, 0.05) is 11.8 Å². The van der Waals surface area contributed by atoms with Crippen LogP contribution in [-0.2, 0) is 9.59 Å². The number of aryl methyl sites for hydroxylation is 1. The van der Waals surface area contributed by atoms with Crippen molar-refractivity contribution in [1.29, 1.82) is 0 Å². The molecule has 178 valence electrons. The zero-order valence-electron chi connectivity index (χ0n) is 19.1. The van der Waals surface area contributed by atoms with E-state index in [4.69, 9.17) is 25.8 Å². The van der Waals surface area contributed by atoms with E-state index in [1.165, 1.54) is 12.0 Å². The van der Waals surface area contributed by atoms with Gasteiger partial charge in [-0.15, -0.1) is 0 Å². The highest BCUT2D eigenvalue weighted by atomic mass is 35.5. The van der Waals surface area contributed by atoms with E-state index < -0.39 is 17.7 Å². The van der Waals surface area contributed by atoms with Crippen LogP contribution < -0.4 is 19.1 Å². The molecule has 0 aromatic heterocycles. The van der Waals surface area contributed by atoms with Crippen LogP contribution in [0.25, 0.3) is 5.76 Å². The minimum absolute atomic E-state index is 0.0592. The summed E-state index contributed by atoms with van der Waals surface area (Å²) in [4.78, 5) is 28.2. The Morgan fingerprint density at radius 1 is 1.03 bits per heavy atom. The lowest BCUT2D eigenvalue weighted by molar-refractivity contribution is -0.132. The van der Waals surface area contributed by atoms with E-state index >= 15 is 0 Å². The first-order valence-corrected chi connectivity index (χ1v) is 11.4. The number of anilines is 1. The number of ether oxygens (including phenoxy) is 3. The molecule has 0 radical (unpaired) electrons. The summed E-state index contributed by atoms with van der Waals surface area (Å²) in [6, 6.07) is 16.6. The first-order chi connectivity index (χ1) is 16.9. The number of ketones is 1. The maximum Gasteiger partial charge on any atom is 0.300 e. The standard InChI is InChI=1S/C27H22ClNO6/c1-15-12-18(26(33-2)19(28)13-15)24(30)22-23(16-6-4-3-5-7-16)29(27(32)25(22)31)17-8-9-20-21(14-17)35-11-10-34-20/h3-9,12-14,23,30H,10-11H2,1-2H3/b24-22+. The van der Waals surface area contributed by atoms with Gasteiger partial charge in [-0.3, -0.25) is 14.5 Å². The predicted molar refractivity (Wildman–Crippen MR) is 131 cm³/mol. The number of methoxy groups -OCH3 is 1. The van der Waals surface area contributed by atoms with Crippen molar-refractivity contribution in [3.8, 4) is 17.2 Å². The summed E-state index contributed by atoms with van der Waals surface area (Å²) in [5, 5.41) is 11.7. The van der Waals surface area contributed by atoms with Crippen LogP contribution in [0.4, 0.5) is 5.69 Å². The number of rotatable bonds is 4. The van der Waals surface area contributed by atoms with Crippen molar-refractivity contribution in [3.05, 3.63) is 87.9 Å². The van der Waals surface area contributed by atoms with Gasteiger partial charge in [-0.05, 0) is 42.3 Å². The largest absolute Gasteiger partial charge is 0.507 e. The Bertz CT molecular complexity index is 1370. The number of halogens is 1. The number of aliphatic hydroxyl groups excluding tert-OH is 1. The predicted octanol–water partition coefficient (Wildman–Crippen LogP) is 5.05. The first kappa shape index (κ1) is 22.8. The van der Waals surface area contributed by atoms with Gasteiger partial charge in [-0.2, -0.15) is 0 Å². The lowest BCUT2D eigenvalue weighted by Gasteiger charge is -2.27. The van der Waals surface area contributed by atoms with Crippen molar-refractivity contribution in [2.45, 2.75) is 13.0 Å². The van der Waals surface area contributed by atoms with E-state index in [-0.39, 0.29) is 27.7 Å². The van der Waals surface area contributed by atoms with Crippen molar-refractivity contribution in [3.63, 3.8) is 0 Å². The molecule has 2 aliphatic rings. The number of hydrogen-bond acceptors (Lipinski definition) is 6. The van der Waals surface area contributed by atoms with E-state index in [1.807, 2.05) is 25.1 Å². The summed E-state index contributed by atoms with van der Waals surface area (Å²) in [5.41, 5.74) is 2.03. The molecule has 1 atom stereocenters. The molecule has 2 aliphatic heterocycles. The van der Waals surface area contributed by atoms with Gasteiger partial charge in [-0.25, -0.2) is 0 Å². The molecule has 5 rings (SSSR count). The van der Waals surface area contributed by atoms with Crippen LogP contribution in [0, 0.1) is 6.92 Å². The molecule has 8 heteroatoms. The van der Waals surface area contributed by atoms with Crippen LogP contribution in [0.3, 0.4) is 0 Å². The molecule has 1 amide bonds. The SMILES string of the molecule is COc1c(Cl)cc(C)cc1/C(O)=C1\C(=O)C(=O)N(c2ccc3c(c2)OCCO3)C1c1ccccc1. The molecule has 3 aromatic carbocycles. The average molecular weight is 492 g/mol. The number of benzene rings is 3. The fourth-order valence-corrected chi connectivity index (χ4v) is 4.84. The van der Waals surface area contributed by atoms with Crippen LogP contribution in [-0.4, -0.2) is 37.1 Å². The lowest BCUT2D eigenvalue weighted by Crippen LogP contribution is -2.29. The molecule has 2 heterocycles. The smallest absolute Gasteiger partial charge is 0.300 e. The van der Waals surface area contributed by atoms with Gasteiger partial charge >= 0.3 is 0 Å². The third-order valence-corrected chi connectivity index (χ3v) is 6.29. The van der Waals surface area contributed by atoms with Gasteiger partial charge in [0.15, 0.2) is 11.5 Å². The Balaban J connectivity index is 1.73. The Hall–Kier alpha value is -3.97. The number of amides is 1. The molecule has 3 aromatic rings. The molecule has 35 heavy (non-hydrogen) atoms. The molecular weight excluding hydrogens is 470 g/mol. The normalized spacial score (nSPS) is 18.6. The van der Waals surface area contributed by atoms with Crippen molar-refractivity contribution in [1.82, 2.24) is 0 Å². The van der Waals surface area contributed by atoms with Crippen LogP contribution in [0.1, 0.15) is 22.7 Å². The minimum Gasteiger partial charge on any atom is -0.507 e. The van der Waals surface area contributed by atoms with Crippen molar-refractivity contribution < 1.29 is 28.9 Å². The van der Waals surface area contributed by atoms with Gasteiger partial charge in [0.2, 0.25) is 0 Å². The Morgan fingerprint density at radius 2 is 1.74 bits per heavy atom. The molecular formula is C27H22ClNO6. The highest BCUT2D eigenvalue weighted by Gasteiger charge is 2.47. The number of carbonyl (C=O) groups is 2. The summed E-state index contributed by atoms with van der Waals surface area (Å²) in [5.74, 6) is -0.686. The average Bonchev–Trinajstić information content (AvgIpc) is 3.13. The molecule has 0 bridgehead atoms. The number of fused-ring (bicyclic) bond motifs is 1. The fourth-order valence-electron chi connectivity index (χ4n) is 4.49. The van der Waals surface area contributed by atoms with Crippen molar-refractivity contribution in [2.24, 2.45) is 0 Å². The Morgan fingerprint density at radius 3 is 2.46 bits per heavy atom. The second-order valence-corrected chi connectivity index (χ2v) is 8.64. The summed E-state index contributed by atoms with van der Waals surface area (Å²) >= 11 is 6.35. The number of nitrogens with zero attached hydrogens (tertiary/aromatic N) is 1.